The molecule has 2 aromatic heterocycles. The Hall–Kier alpha value is -2.01. The summed E-state index contributed by atoms with van der Waals surface area (Å²) in [4.78, 5) is 5.45. The van der Waals surface area contributed by atoms with Gasteiger partial charge in [0.25, 0.3) is 0 Å². The number of nitrogens with zero attached hydrogens (tertiary/aromatic N) is 2. The molecular weight excluding hydrogens is 246 g/mol. The maximum atomic E-state index is 5.84. The Morgan fingerprint density at radius 3 is 2.78 bits per heavy atom. The maximum Gasteiger partial charge on any atom is 0.195 e. The molecule has 0 atom stereocenters. The molecule has 2 N–H and O–H groups in total. The summed E-state index contributed by atoms with van der Waals surface area (Å²) in [5, 5.41) is 1.89. The Morgan fingerprint density at radius 1 is 1.33 bits per heavy atom. The predicted octanol–water partition coefficient (Wildman–Crippen LogP) is 3.04. The van der Waals surface area contributed by atoms with Crippen molar-refractivity contribution >= 4 is 22.1 Å². The van der Waals surface area contributed by atoms with Gasteiger partial charge in [-0.3, -0.25) is 4.40 Å². The Morgan fingerprint density at radius 2 is 2.11 bits per heavy atom. The van der Waals surface area contributed by atoms with Crippen LogP contribution in [-0.2, 0) is 0 Å². The lowest BCUT2D eigenvalue weighted by Gasteiger charge is -2.02. The Balaban J connectivity index is 1.97. The number of rotatable bonds is 3. The summed E-state index contributed by atoms with van der Waals surface area (Å²) in [6.45, 7) is 2.65. The molecule has 3 rings (SSSR count). The first-order valence-electron chi connectivity index (χ1n) is 5.73. The van der Waals surface area contributed by atoms with Crippen LogP contribution in [0.25, 0.3) is 16.2 Å². The summed E-state index contributed by atoms with van der Waals surface area (Å²) in [6.07, 6.45) is 1.96. The van der Waals surface area contributed by atoms with E-state index < -0.39 is 0 Å². The van der Waals surface area contributed by atoms with Crippen molar-refractivity contribution in [1.82, 2.24) is 9.38 Å². The van der Waals surface area contributed by atoms with E-state index in [2.05, 4.69) is 4.98 Å². The van der Waals surface area contributed by atoms with Gasteiger partial charge in [-0.05, 0) is 31.2 Å². The second-order valence-corrected chi connectivity index (χ2v) is 4.73. The second kappa shape index (κ2) is 4.34. The van der Waals surface area contributed by atoms with E-state index in [1.807, 2.05) is 47.2 Å². The number of benzene rings is 1. The van der Waals surface area contributed by atoms with Crippen LogP contribution < -0.4 is 10.5 Å². The minimum Gasteiger partial charge on any atom is -0.494 e. The number of ether oxygens (including phenoxy) is 1. The Labute approximate surface area is 109 Å². The molecule has 0 saturated carbocycles. The van der Waals surface area contributed by atoms with E-state index >= 15 is 0 Å². The zero-order chi connectivity index (χ0) is 12.5. The van der Waals surface area contributed by atoms with Crippen molar-refractivity contribution in [2.75, 3.05) is 12.3 Å². The molecule has 2 heterocycles. The molecular formula is C13H13N3OS. The van der Waals surface area contributed by atoms with Gasteiger partial charge in [0.2, 0.25) is 0 Å². The average molecular weight is 259 g/mol. The first-order valence-corrected chi connectivity index (χ1v) is 6.61. The van der Waals surface area contributed by atoms with E-state index in [9.17, 15) is 0 Å². The fraction of sp³-hybridized carbons (Fsp3) is 0.154. The highest BCUT2D eigenvalue weighted by Gasteiger charge is 2.07. The van der Waals surface area contributed by atoms with Gasteiger partial charge < -0.3 is 10.5 Å². The van der Waals surface area contributed by atoms with E-state index in [1.54, 1.807) is 11.3 Å². The molecule has 0 fully saturated rings. The summed E-state index contributed by atoms with van der Waals surface area (Å²) < 4.78 is 7.32. The van der Waals surface area contributed by atoms with Gasteiger partial charge in [-0.15, -0.1) is 11.3 Å². The summed E-state index contributed by atoms with van der Waals surface area (Å²) in [6, 6.07) is 7.92. The van der Waals surface area contributed by atoms with E-state index in [0.29, 0.717) is 6.61 Å². The van der Waals surface area contributed by atoms with Crippen molar-refractivity contribution in [2.45, 2.75) is 6.92 Å². The second-order valence-electron chi connectivity index (χ2n) is 3.90. The Kier molecular flexibility index (Phi) is 2.68. The lowest BCUT2D eigenvalue weighted by atomic mass is 10.2. The maximum absolute atomic E-state index is 5.84. The van der Waals surface area contributed by atoms with Gasteiger partial charge in [0.15, 0.2) is 4.96 Å². The topological polar surface area (TPSA) is 52.5 Å². The van der Waals surface area contributed by atoms with Crippen molar-refractivity contribution in [1.29, 1.82) is 0 Å². The van der Waals surface area contributed by atoms with Gasteiger partial charge in [0.05, 0.1) is 12.3 Å². The highest BCUT2D eigenvalue weighted by molar-refractivity contribution is 7.15. The summed E-state index contributed by atoms with van der Waals surface area (Å²) in [7, 11) is 0. The van der Waals surface area contributed by atoms with Gasteiger partial charge in [-0.1, -0.05) is 0 Å². The molecule has 0 saturated heterocycles. The lowest BCUT2D eigenvalue weighted by molar-refractivity contribution is 0.340. The number of thiazole rings is 1. The number of hydrogen-bond donors (Lipinski definition) is 1. The van der Waals surface area contributed by atoms with Crippen molar-refractivity contribution in [2.24, 2.45) is 0 Å². The molecule has 0 unspecified atom stereocenters. The van der Waals surface area contributed by atoms with Crippen LogP contribution in [0.4, 0.5) is 5.82 Å². The van der Waals surface area contributed by atoms with Gasteiger partial charge in [-0.2, -0.15) is 0 Å². The van der Waals surface area contributed by atoms with Crippen LogP contribution in [0.15, 0.2) is 35.8 Å². The highest BCUT2D eigenvalue weighted by Crippen LogP contribution is 2.25. The highest BCUT2D eigenvalue weighted by atomic mass is 32.1. The van der Waals surface area contributed by atoms with Crippen molar-refractivity contribution in [3.05, 3.63) is 35.8 Å². The molecule has 0 aliphatic carbocycles. The fourth-order valence-electron chi connectivity index (χ4n) is 1.83. The molecule has 92 valence electrons. The first-order chi connectivity index (χ1) is 8.78. The summed E-state index contributed by atoms with van der Waals surface area (Å²) >= 11 is 1.54. The normalized spacial score (nSPS) is 10.9. The van der Waals surface area contributed by atoms with Crippen LogP contribution in [-0.4, -0.2) is 16.0 Å². The smallest absolute Gasteiger partial charge is 0.195 e. The molecule has 0 aliphatic rings. The molecule has 4 nitrogen and oxygen atoms in total. The number of aromatic nitrogens is 2. The van der Waals surface area contributed by atoms with Gasteiger partial charge >= 0.3 is 0 Å². The quantitative estimate of drug-likeness (QED) is 0.786. The zero-order valence-electron chi connectivity index (χ0n) is 9.96. The standard InChI is InChI=1S/C13H13N3OS/c1-2-17-10-5-3-9(4-6-10)11-7-16-12(14)8-18-13(16)15-11/h3-8H,2,14H2,1H3. The van der Waals surface area contributed by atoms with Gasteiger partial charge in [-0.25, -0.2) is 4.98 Å². The number of nitrogens with two attached hydrogens (primary N) is 1. The number of anilines is 1. The van der Waals surface area contributed by atoms with Gasteiger partial charge in [0, 0.05) is 17.1 Å². The molecule has 18 heavy (non-hydrogen) atoms. The van der Waals surface area contributed by atoms with E-state index in [0.717, 1.165) is 27.8 Å². The summed E-state index contributed by atoms with van der Waals surface area (Å²) in [5.74, 6) is 1.60. The monoisotopic (exact) mass is 259 g/mol. The van der Waals surface area contributed by atoms with Crippen LogP contribution in [0.5, 0.6) is 5.75 Å². The summed E-state index contributed by atoms with van der Waals surface area (Å²) in [5.41, 5.74) is 7.84. The van der Waals surface area contributed by atoms with Crippen LogP contribution in [0.1, 0.15) is 6.92 Å². The van der Waals surface area contributed by atoms with Gasteiger partial charge in [0.1, 0.15) is 11.6 Å². The third-order valence-electron chi connectivity index (χ3n) is 2.70. The zero-order valence-corrected chi connectivity index (χ0v) is 10.8. The number of hydrogen-bond acceptors (Lipinski definition) is 4. The number of fused-ring (bicyclic) bond motifs is 1. The van der Waals surface area contributed by atoms with E-state index in [-0.39, 0.29) is 0 Å². The van der Waals surface area contributed by atoms with Crippen molar-refractivity contribution in [3.8, 4) is 17.0 Å². The molecule has 0 aliphatic heterocycles. The average Bonchev–Trinajstić information content (AvgIpc) is 2.94. The Bertz CT molecular complexity index is 669. The van der Waals surface area contributed by atoms with Crippen LogP contribution in [0.2, 0.25) is 0 Å². The first kappa shape index (κ1) is 11.1. The SMILES string of the molecule is CCOc1ccc(-c2cn3c(N)csc3n2)cc1. The molecule has 5 heteroatoms. The third kappa shape index (κ3) is 1.82. The number of nitrogen functional groups attached to an aromatic ring is 1. The fourth-order valence-corrected chi connectivity index (χ4v) is 2.59. The van der Waals surface area contributed by atoms with Crippen LogP contribution >= 0.6 is 11.3 Å². The largest absolute Gasteiger partial charge is 0.494 e. The molecule has 3 aromatic rings. The molecule has 1 aromatic carbocycles. The minimum absolute atomic E-state index is 0.677. The molecule has 0 radical (unpaired) electrons. The van der Waals surface area contributed by atoms with Crippen molar-refractivity contribution < 1.29 is 4.74 Å². The van der Waals surface area contributed by atoms with E-state index in [1.165, 1.54) is 0 Å². The number of imidazole rings is 1. The molecule has 0 spiro atoms. The molecule has 0 amide bonds. The predicted molar refractivity (Wildman–Crippen MR) is 74.1 cm³/mol. The van der Waals surface area contributed by atoms with Crippen LogP contribution in [0, 0.1) is 0 Å². The molecule has 0 bridgehead atoms. The van der Waals surface area contributed by atoms with Crippen molar-refractivity contribution in [3.63, 3.8) is 0 Å². The lowest BCUT2D eigenvalue weighted by Crippen LogP contribution is -1.90. The van der Waals surface area contributed by atoms with Crippen LogP contribution in [0.3, 0.4) is 0 Å². The minimum atomic E-state index is 0.677. The third-order valence-corrected chi connectivity index (χ3v) is 3.56. The van der Waals surface area contributed by atoms with E-state index in [4.69, 9.17) is 10.5 Å².